The monoisotopic (exact) mass is 293 g/mol. The fourth-order valence-corrected chi connectivity index (χ4v) is 3.39. The van der Waals surface area contributed by atoms with Crippen LogP contribution >= 0.6 is 0 Å². The molecule has 4 nitrogen and oxygen atoms in total. The zero-order valence-electron chi connectivity index (χ0n) is 14.1. The van der Waals surface area contributed by atoms with Gasteiger partial charge in [-0.05, 0) is 51.6 Å². The topological polar surface area (TPSA) is 39.1 Å². The first kappa shape index (κ1) is 16.5. The Morgan fingerprint density at radius 3 is 2.57 bits per heavy atom. The second-order valence-electron chi connectivity index (χ2n) is 6.39. The van der Waals surface area contributed by atoms with Crippen LogP contribution in [0.3, 0.4) is 0 Å². The van der Waals surface area contributed by atoms with Gasteiger partial charge >= 0.3 is 0 Å². The summed E-state index contributed by atoms with van der Waals surface area (Å²) >= 11 is 0. The van der Waals surface area contributed by atoms with E-state index in [0.29, 0.717) is 12.1 Å². The SMILES string of the molecule is CCC(CC)n1ccc(CC(CC2(OC)CCC2)NC)n1. The highest BCUT2D eigenvalue weighted by molar-refractivity contribution is 5.04. The van der Waals surface area contributed by atoms with Crippen LogP contribution in [0.15, 0.2) is 12.3 Å². The predicted octanol–water partition coefficient (Wildman–Crippen LogP) is 3.33. The number of rotatable bonds is 9. The largest absolute Gasteiger partial charge is 0.378 e. The van der Waals surface area contributed by atoms with Crippen molar-refractivity contribution in [2.45, 2.75) is 76.5 Å². The van der Waals surface area contributed by atoms with E-state index in [0.717, 1.165) is 25.7 Å². The highest BCUT2D eigenvalue weighted by Crippen LogP contribution is 2.39. The predicted molar refractivity (Wildman–Crippen MR) is 86.6 cm³/mol. The summed E-state index contributed by atoms with van der Waals surface area (Å²) < 4.78 is 7.89. The van der Waals surface area contributed by atoms with Crippen LogP contribution in [0.25, 0.3) is 0 Å². The van der Waals surface area contributed by atoms with Crippen molar-refractivity contribution in [3.05, 3.63) is 18.0 Å². The summed E-state index contributed by atoms with van der Waals surface area (Å²) in [6, 6.07) is 3.14. The molecule has 1 saturated carbocycles. The van der Waals surface area contributed by atoms with Crippen molar-refractivity contribution in [1.29, 1.82) is 0 Å². The first-order valence-corrected chi connectivity index (χ1v) is 8.42. The minimum atomic E-state index is 0.117. The lowest BCUT2D eigenvalue weighted by Crippen LogP contribution is -2.45. The Morgan fingerprint density at radius 2 is 2.10 bits per heavy atom. The summed E-state index contributed by atoms with van der Waals surface area (Å²) in [5.74, 6) is 0. The third kappa shape index (κ3) is 3.86. The number of nitrogens with zero attached hydrogens (tertiary/aromatic N) is 2. The Hall–Kier alpha value is -0.870. The first-order valence-electron chi connectivity index (χ1n) is 8.42. The molecule has 0 spiro atoms. The van der Waals surface area contributed by atoms with Crippen LogP contribution in [0.5, 0.6) is 0 Å². The van der Waals surface area contributed by atoms with Gasteiger partial charge in [0.15, 0.2) is 0 Å². The van der Waals surface area contributed by atoms with E-state index in [1.807, 2.05) is 14.2 Å². The molecule has 1 unspecified atom stereocenters. The molecular formula is C17H31N3O. The lowest BCUT2D eigenvalue weighted by atomic mass is 9.75. The van der Waals surface area contributed by atoms with E-state index < -0.39 is 0 Å². The molecule has 0 aromatic carbocycles. The van der Waals surface area contributed by atoms with Crippen LogP contribution in [0, 0.1) is 0 Å². The molecule has 1 fully saturated rings. The fraction of sp³-hybridized carbons (Fsp3) is 0.824. The smallest absolute Gasteiger partial charge is 0.0693 e. The molecule has 1 aliphatic rings. The van der Waals surface area contributed by atoms with Crippen molar-refractivity contribution in [1.82, 2.24) is 15.1 Å². The molecule has 1 N–H and O–H groups in total. The summed E-state index contributed by atoms with van der Waals surface area (Å²) in [7, 11) is 3.90. The van der Waals surface area contributed by atoms with Crippen LogP contribution in [0.4, 0.5) is 0 Å². The lowest BCUT2D eigenvalue weighted by molar-refractivity contribution is -0.0830. The molecule has 1 heterocycles. The van der Waals surface area contributed by atoms with E-state index >= 15 is 0 Å². The fourth-order valence-electron chi connectivity index (χ4n) is 3.39. The zero-order valence-corrected chi connectivity index (χ0v) is 14.1. The highest BCUT2D eigenvalue weighted by Gasteiger charge is 2.38. The van der Waals surface area contributed by atoms with Crippen molar-refractivity contribution >= 4 is 0 Å². The zero-order chi connectivity index (χ0) is 15.3. The third-order valence-electron chi connectivity index (χ3n) is 5.16. The van der Waals surface area contributed by atoms with Crippen LogP contribution in [0.1, 0.15) is 64.1 Å². The maximum Gasteiger partial charge on any atom is 0.0693 e. The van der Waals surface area contributed by atoms with Crippen molar-refractivity contribution in [3.8, 4) is 0 Å². The quantitative estimate of drug-likeness (QED) is 0.759. The Balaban J connectivity index is 1.95. The number of hydrogen-bond donors (Lipinski definition) is 1. The van der Waals surface area contributed by atoms with E-state index in [2.05, 4.69) is 36.1 Å². The maximum atomic E-state index is 5.76. The van der Waals surface area contributed by atoms with E-state index in [4.69, 9.17) is 9.84 Å². The Bertz CT molecular complexity index is 416. The normalized spacial score (nSPS) is 18.7. The maximum absolute atomic E-state index is 5.76. The summed E-state index contributed by atoms with van der Waals surface area (Å²) in [4.78, 5) is 0. The van der Waals surface area contributed by atoms with Gasteiger partial charge in [0.05, 0.1) is 17.3 Å². The lowest BCUT2D eigenvalue weighted by Gasteiger charge is -2.42. The van der Waals surface area contributed by atoms with Crippen molar-refractivity contribution in [2.24, 2.45) is 0 Å². The van der Waals surface area contributed by atoms with Gasteiger partial charge in [0.1, 0.15) is 0 Å². The number of aromatic nitrogens is 2. The van der Waals surface area contributed by atoms with Gasteiger partial charge in [-0.15, -0.1) is 0 Å². The first-order chi connectivity index (χ1) is 10.2. The van der Waals surface area contributed by atoms with Crippen molar-refractivity contribution in [2.75, 3.05) is 14.2 Å². The molecule has 21 heavy (non-hydrogen) atoms. The van der Waals surface area contributed by atoms with Gasteiger partial charge in [-0.3, -0.25) is 4.68 Å². The summed E-state index contributed by atoms with van der Waals surface area (Å²) in [5.41, 5.74) is 1.30. The van der Waals surface area contributed by atoms with Gasteiger partial charge in [0, 0.05) is 25.8 Å². The van der Waals surface area contributed by atoms with Gasteiger partial charge in [-0.2, -0.15) is 5.10 Å². The van der Waals surface area contributed by atoms with Crippen LogP contribution in [0.2, 0.25) is 0 Å². The van der Waals surface area contributed by atoms with Crippen molar-refractivity contribution < 1.29 is 4.74 Å². The minimum Gasteiger partial charge on any atom is -0.378 e. The molecule has 0 amide bonds. The van der Waals surface area contributed by atoms with Gasteiger partial charge in [0.2, 0.25) is 0 Å². The average Bonchev–Trinajstić information content (AvgIpc) is 2.91. The molecule has 120 valence electrons. The van der Waals surface area contributed by atoms with E-state index in [1.54, 1.807) is 0 Å². The minimum absolute atomic E-state index is 0.117. The molecule has 1 aliphatic carbocycles. The second kappa shape index (κ2) is 7.41. The van der Waals surface area contributed by atoms with Crippen molar-refractivity contribution in [3.63, 3.8) is 0 Å². The molecule has 0 bridgehead atoms. The Kier molecular flexibility index (Phi) is 5.82. The standard InChI is InChI=1S/C17H31N3O/c1-5-16(6-2)20-11-8-14(19-20)12-15(18-3)13-17(21-4)9-7-10-17/h8,11,15-16,18H,5-7,9-10,12-13H2,1-4H3. The van der Waals surface area contributed by atoms with Gasteiger partial charge < -0.3 is 10.1 Å². The number of nitrogens with one attached hydrogen (secondary N) is 1. The van der Waals surface area contributed by atoms with Gasteiger partial charge in [0.25, 0.3) is 0 Å². The molecule has 1 aromatic rings. The molecular weight excluding hydrogens is 262 g/mol. The van der Waals surface area contributed by atoms with E-state index in [9.17, 15) is 0 Å². The molecule has 1 atom stereocenters. The number of methoxy groups -OCH3 is 1. The third-order valence-corrected chi connectivity index (χ3v) is 5.16. The summed E-state index contributed by atoms with van der Waals surface area (Å²) in [6.07, 6.45) is 10.2. The highest BCUT2D eigenvalue weighted by atomic mass is 16.5. The summed E-state index contributed by atoms with van der Waals surface area (Å²) in [5, 5.41) is 8.22. The molecule has 4 heteroatoms. The second-order valence-corrected chi connectivity index (χ2v) is 6.39. The van der Waals surface area contributed by atoms with Gasteiger partial charge in [-0.1, -0.05) is 13.8 Å². The number of ether oxygens (including phenoxy) is 1. The van der Waals surface area contributed by atoms with Gasteiger partial charge in [-0.25, -0.2) is 0 Å². The molecule has 1 aromatic heterocycles. The molecule has 2 rings (SSSR count). The Morgan fingerprint density at radius 1 is 1.38 bits per heavy atom. The van der Waals surface area contributed by atoms with E-state index in [1.165, 1.54) is 25.0 Å². The summed E-state index contributed by atoms with van der Waals surface area (Å²) in [6.45, 7) is 4.45. The number of likely N-dealkylation sites (N-methyl/N-ethyl adjacent to an activating group) is 1. The van der Waals surface area contributed by atoms with Crippen LogP contribution in [-0.4, -0.2) is 35.6 Å². The molecule has 0 aliphatic heterocycles. The number of hydrogen-bond acceptors (Lipinski definition) is 3. The van der Waals surface area contributed by atoms with E-state index in [-0.39, 0.29) is 5.60 Å². The molecule has 0 radical (unpaired) electrons. The Labute approximate surface area is 129 Å². The van der Waals surface area contributed by atoms with Crippen LogP contribution in [-0.2, 0) is 11.2 Å². The molecule has 0 saturated heterocycles. The average molecular weight is 293 g/mol. The van der Waals surface area contributed by atoms with Crippen LogP contribution < -0.4 is 5.32 Å².